The highest BCUT2D eigenvalue weighted by Crippen LogP contribution is 2.26. The molecule has 2 N–H and O–H groups in total. The average Bonchev–Trinajstić information content (AvgIpc) is 2.85. The Morgan fingerprint density at radius 3 is 2.89 bits per heavy atom. The van der Waals surface area contributed by atoms with Crippen molar-refractivity contribution in [2.45, 2.75) is 13.1 Å². The van der Waals surface area contributed by atoms with E-state index in [-0.39, 0.29) is 0 Å². The van der Waals surface area contributed by atoms with E-state index in [1.165, 1.54) is 0 Å². The molecule has 0 radical (unpaired) electrons. The fourth-order valence-electron chi connectivity index (χ4n) is 1.61. The Balaban J connectivity index is 2.05. The van der Waals surface area contributed by atoms with Gasteiger partial charge in [-0.25, -0.2) is 0 Å². The number of hydrogen-bond donors (Lipinski definition) is 2. The van der Waals surface area contributed by atoms with E-state index in [0.717, 1.165) is 11.3 Å². The van der Waals surface area contributed by atoms with Crippen LogP contribution in [0.25, 0.3) is 0 Å². The highest BCUT2D eigenvalue weighted by Gasteiger charge is 2.10. The molecule has 1 heterocycles. The Morgan fingerprint density at radius 1 is 1.32 bits per heavy atom. The number of rotatable bonds is 6. The van der Waals surface area contributed by atoms with E-state index in [9.17, 15) is 0 Å². The van der Waals surface area contributed by atoms with E-state index in [1.807, 2.05) is 19.2 Å². The van der Waals surface area contributed by atoms with Gasteiger partial charge in [0.2, 0.25) is 5.89 Å². The minimum Gasteiger partial charge on any atom is -0.496 e. The van der Waals surface area contributed by atoms with Crippen LogP contribution in [0.3, 0.4) is 0 Å². The Hall–Kier alpha value is -1.79. The minimum atomic E-state index is 0.354. The summed E-state index contributed by atoms with van der Waals surface area (Å²) in [5.74, 6) is 1.24. The molecular formula is C12H15ClN4O2. The maximum atomic E-state index is 6.13. The normalized spacial score (nSPS) is 10.5. The predicted molar refractivity (Wildman–Crippen MR) is 72.4 cm³/mol. The zero-order valence-corrected chi connectivity index (χ0v) is 11.5. The Morgan fingerprint density at radius 2 is 2.16 bits per heavy atom. The van der Waals surface area contributed by atoms with Crippen LogP contribution in [0.1, 0.15) is 11.5 Å². The predicted octanol–water partition coefficient (Wildman–Crippen LogP) is 2.06. The first kappa shape index (κ1) is 13.6. The summed E-state index contributed by atoms with van der Waals surface area (Å²) in [6.45, 7) is 0.980. The summed E-state index contributed by atoms with van der Waals surface area (Å²) in [5, 5.41) is 14.3. The van der Waals surface area contributed by atoms with Gasteiger partial charge in [-0.05, 0) is 19.2 Å². The van der Waals surface area contributed by atoms with E-state index < -0.39 is 0 Å². The first-order chi connectivity index (χ1) is 9.24. The number of halogens is 1. The molecule has 102 valence electrons. The molecule has 1 aromatic heterocycles. The molecule has 0 aliphatic rings. The molecule has 2 aromatic rings. The van der Waals surface area contributed by atoms with Gasteiger partial charge in [-0.3, -0.25) is 0 Å². The fourth-order valence-corrected chi connectivity index (χ4v) is 1.85. The molecule has 0 bridgehead atoms. The topological polar surface area (TPSA) is 72.2 Å². The molecule has 0 unspecified atom stereocenters. The SMILES string of the molecule is CNCc1nnc(NCc2c(Cl)cccc2OC)o1. The summed E-state index contributed by atoms with van der Waals surface area (Å²) in [4.78, 5) is 0. The number of benzene rings is 1. The van der Waals surface area contributed by atoms with E-state index in [0.29, 0.717) is 30.0 Å². The van der Waals surface area contributed by atoms with Crippen LogP contribution in [0, 0.1) is 0 Å². The Bertz CT molecular complexity index is 544. The van der Waals surface area contributed by atoms with Crippen molar-refractivity contribution in [2.75, 3.05) is 19.5 Å². The van der Waals surface area contributed by atoms with Crippen molar-refractivity contribution in [1.29, 1.82) is 0 Å². The maximum Gasteiger partial charge on any atom is 0.315 e. The van der Waals surface area contributed by atoms with Crippen LogP contribution in [0.4, 0.5) is 6.01 Å². The summed E-state index contributed by atoms with van der Waals surface area (Å²) < 4.78 is 10.6. The molecule has 0 aliphatic carbocycles. The van der Waals surface area contributed by atoms with E-state index in [4.69, 9.17) is 20.8 Å². The first-order valence-electron chi connectivity index (χ1n) is 5.77. The van der Waals surface area contributed by atoms with Crippen molar-refractivity contribution in [3.8, 4) is 5.75 Å². The maximum absolute atomic E-state index is 6.13. The second kappa shape index (κ2) is 6.40. The summed E-state index contributed by atoms with van der Waals surface area (Å²) in [5.41, 5.74) is 0.847. The Labute approximate surface area is 116 Å². The Kier molecular flexibility index (Phi) is 4.59. The molecule has 6 nitrogen and oxygen atoms in total. The molecule has 7 heteroatoms. The molecule has 0 aliphatic heterocycles. The second-order valence-electron chi connectivity index (χ2n) is 3.81. The molecule has 19 heavy (non-hydrogen) atoms. The number of nitrogens with one attached hydrogen (secondary N) is 2. The average molecular weight is 283 g/mol. The molecule has 0 atom stereocenters. The highest BCUT2D eigenvalue weighted by molar-refractivity contribution is 6.31. The van der Waals surface area contributed by atoms with Gasteiger partial charge in [-0.2, -0.15) is 0 Å². The molecule has 0 spiro atoms. The van der Waals surface area contributed by atoms with Crippen molar-refractivity contribution in [2.24, 2.45) is 0 Å². The van der Waals surface area contributed by atoms with Crippen LogP contribution in [0.2, 0.25) is 5.02 Å². The largest absolute Gasteiger partial charge is 0.496 e. The van der Waals surface area contributed by atoms with Gasteiger partial charge in [0.05, 0.1) is 13.7 Å². The molecule has 0 fully saturated rings. The standard InChI is InChI=1S/C12H15ClN4O2/c1-14-7-11-16-17-12(19-11)15-6-8-9(13)4-3-5-10(8)18-2/h3-5,14H,6-7H2,1-2H3,(H,15,17). The van der Waals surface area contributed by atoms with Crippen LogP contribution >= 0.6 is 11.6 Å². The summed E-state index contributed by atoms with van der Waals surface area (Å²) >= 11 is 6.13. The van der Waals surface area contributed by atoms with Gasteiger partial charge in [0.1, 0.15) is 5.75 Å². The van der Waals surface area contributed by atoms with Crippen LogP contribution in [-0.4, -0.2) is 24.4 Å². The van der Waals surface area contributed by atoms with Gasteiger partial charge in [-0.1, -0.05) is 22.8 Å². The fraction of sp³-hybridized carbons (Fsp3) is 0.333. The van der Waals surface area contributed by atoms with Gasteiger partial charge >= 0.3 is 6.01 Å². The molecule has 0 saturated carbocycles. The summed E-state index contributed by atoms with van der Waals surface area (Å²) in [6, 6.07) is 5.85. The summed E-state index contributed by atoms with van der Waals surface area (Å²) in [6.07, 6.45) is 0. The molecule has 0 amide bonds. The lowest BCUT2D eigenvalue weighted by Crippen LogP contribution is -2.05. The van der Waals surface area contributed by atoms with Crippen molar-refractivity contribution in [1.82, 2.24) is 15.5 Å². The first-order valence-corrected chi connectivity index (χ1v) is 6.14. The van der Waals surface area contributed by atoms with Crippen LogP contribution in [0.15, 0.2) is 22.6 Å². The van der Waals surface area contributed by atoms with Crippen LogP contribution in [0.5, 0.6) is 5.75 Å². The van der Waals surface area contributed by atoms with Gasteiger partial charge in [0, 0.05) is 17.1 Å². The quantitative estimate of drug-likeness (QED) is 0.845. The number of methoxy groups -OCH3 is 1. The summed E-state index contributed by atoms with van der Waals surface area (Å²) in [7, 11) is 3.42. The van der Waals surface area contributed by atoms with Crippen LogP contribution in [-0.2, 0) is 13.1 Å². The van der Waals surface area contributed by atoms with Gasteiger partial charge in [0.25, 0.3) is 0 Å². The number of nitrogens with zero attached hydrogens (tertiary/aromatic N) is 2. The molecule has 2 rings (SSSR count). The third-order valence-electron chi connectivity index (χ3n) is 2.51. The van der Waals surface area contributed by atoms with E-state index >= 15 is 0 Å². The highest BCUT2D eigenvalue weighted by atomic mass is 35.5. The van der Waals surface area contributed by atoms with Crippen molar-refractivity contribution in [3.63, 3.8) is 0 Å². The lowest BCUT2D eigenvalue weighted by atomic mass is 10.2. The molecule has 0 saturated heterocycles. The third kappa shape index (κ3) is 3.36. The third-order valence-corrected chi connectivity index (χ3v) is 2.86. The van der Waals surface area contributed by atoms with E-state index in [2.05, 4.69) is 20.8 Å². The van der Waals surface area contributed by atoms with Crippen LogP contribution < -0.4 is 15.4 Å². The zero-order chi connectivity index (χ0) is 13.7. The van der Waals surface area contributed by atoms with Crippen molar-refractivity contribution in [3.05, 3.63) is 34.7 Å². The second-order valence-corrected chi connectivity index (χ2v) is 4.21. The van der Waals surface area contributed by atoms with Gasteiger partial charge < -0.3 is 19.8 Å². The zero-order valence-electron chi connectivity index (χ0n) is 10.7. The lowest BCUT2D eigenvalue weighted by Gasteiger charge is -2.09. The molecular weight excluding hydrogens is 268 g/mol. The lowest BCUT2D eigenvalue weighted by molar-refractivity contribution is 0.410. The number of hydrogen-bond acceptors (Lipinski definition) is 6. The smallest absolute Gasteiger partial charge is 0.315 e. The molecule has 1 aromatic carbocycles. The monoisotopic (exact) mass is 282 g/mol. The van der Waals surface area contributed by atoms with Crippen molar-refractivity contribution < 1.29 is 9.15 Å². The minimum absolute atomic E-state index is 0.354. The van der Waals surface area contributed by atoms with Gasteiger partial charge in [-0.15, -0.1) is 5.10 Å². The van der Waals surface area contributed by atoms with E-state index in [1.54, 1.807) is 13.2 Å². The number of ether oxygens (including phenoxy) is 1. The van der Waals surface area contributed by atoms with Gasteiger partial charge in [0.15, 0.2) is 0 Å². The van der Waals surface area contributed by atoms with Crippen molar-refractivity contribution >= 4 is 17.6 Å². The number of anilines is 1. The number of aromatic nitrogens is 2.